The smallest absolute Gasteiger partial charge is 0.212 e. The molecule has 1 fully saturated rings. The summed E-state index contributed by atoms with van der Waals surface area (Å²) in [4.78, 5) is 0. The molecule has 0 aromatic heterocycles. The monoisotopic (exact) mass is 230 g/mol. The van der Waals surface area contributed by atoms with Crippen molar-refractivity contribution in [1.82, 2.24) is 4.31 Å². The zero-order valence-electron chi connectivity index (χ0n) is 9.15. The Morgan fingerprint density at radius 3 is 2.47 bits per heavy atom. The first kappa shape index (κ1) is 12.5. The van der Waals surface area contributed by atoms with Gasteiger partial charge in [-0.25, -0.2) is 12.7 Å². The fraction of sp³-hybridized carbons (Fsp3) is 0.900. The van der Waals surface area contributed by atoms with Gasteiger partial charge in [-0.05, 0) is 12.8 Å². The SMILES string of the molecule is CCN(CCC#N)S(=O)(=O)C1CCCC1. The van der Waals surface area contributed by atoms with Crippen molar-refractivity contribution < 1.29 is 8.42 Å². The predicted octanol–water partition coefficient (Wildman–Crippen LogP) is 1.49. The fourth-order valence-corrected chi connectivity index (χ4v) is 4.09. The third kappa shape index (κ3) is 2.93. The summed E-state index contributed by atoms with van der Waals surface area (Å²) in [6, 6.07) is 1.99. The Balaban J connectivity index is 2.68. The Hall–Kier alpha value is -0.600. The predicted molar refractivity (Wildman–Crippen MR) is 58.7 cm³/mol. The third-order valence-electron chi connectivity index (χ3n) is 2.91. The first-order valence-electron chi connectivity index (χ1n) is 5.48. The number of hydrogen-bond acceptors (Lipinski definition) is 3. The quantitative estimate of drug-likeness (QED) is 0.719. The van der Waals surface area contributed by atoms with Crippen LogP contribution >= 0.6 is 0 Å². The molecule has 0 N–H and O–H groups in total. The second-order valence-electron chi connectivity index (χ2n) is 3.85. The summed E-state index contributed by atoms with van der Waals surface area (Å²) < 4.78 is 25.6. The highest BCUT2D eigenvalue weighted by Gasteiger charge is 2.32. The third-order valence-corrected chi connectivity index (χ3v) is 5.38. The van der Waals surface area contributed by atoms with Gasteiger partial charge in [-0.15, -0.1) is 0 Å². The molecular formula is C10H18N2O2S. The summed E-state index contributed by atoms with van der Waals surface area (Å²) in [7, 11) is -3.14. The van der Waals surface area contributed by atoms with Crippen LogP contribution in [0.5, 0.6) is 0 Å². The van der Waals surface area contributed by atoms with Crippen LogP contribution in [-0.2, 0) is 10.0 Å². The molecule has 1 aliphatic rings. The molecule has 0 amide bonds. The zero-order chi connectivity index (χ0) is 11.3. The Morgan fingerprint density at radius 1 is 1.40 bits per heavy atom. The number of rotatable bonds is 5. The topological polar surface area (TPSA) is 61.2 Å². The van der Waals surface area contributed by atoms with Crippen molar-refractivity contribution in [2.24, 2.45) is 0 Å². The lowest BCUT2D eigenvalue weighted by Gasteiger charge is -2.23. The zero-order valence-corrected chi connectivity index (χ0v) is 9.96. The highest BCUT2D eigenvalue weighted by Crippen LogP contribution is 2.26. The number of nitriles is 1. The highest BCUT2D eigenvalue weighted by molar-refractivity contribution is 7.89. The molecule has 86 valence electrons. The Bertz CT molecular complexity index is 326. The van der Waals surface area contributed by atoms with Gasteiger partial charge in [0.05, 0.1) is 11.3 Å². The van der Waals surface area contributed by atoms with Crippen molar-refractivity contribution in [3.8, 4) is 6.07 Å². The van der Waals surface area contributed by atoms with E-state index in [-0.39, 0.29) is 11.7 Å². The molecule has 5 heteroatoms. The summed E-state index contributed by atoms with van der Waals surface area (Å²) in [5.41, 5.74) is 0. The van der Waals surface area contributed by atoms with E-state index in [1.54, 1.807) is 0 Å². The summed E-state index contributed by atoms with van der Waals surface area (Å²) >= 11 is 0. The Morgan fingerprint density at radius 2 is 2.00 bits per heavy atom. The van der Waals surface area contributed by atoms with Crippen LogP contribution in [0.4, 0.5) is 0 Å². The lowest BCUT2D eigenvalue weighted by Crippen LogP contribution is -2.38. The minimum atomic E-state index is -3.14. The van der Waals surface area contributed by atoms with E-state index in [2.05, 4.69) is 0 Å². The summed E-state index contributed by atoms with van der Waals surface area (Å²) in [5, 5.41) is 8.27. The minimum absolute atomic E-state index is 0.198. The highest BCUT2D eigenvalue weighted by atomic mass is 32.2. The van der Waals surface area contributed by atoms with Crippen molar-refractivity contribution in [3.05, 3.63) is 0 Å². The Kier molecular flexibility index (Phi) is 4.55. The summed E-state index contributed by atoms with van der Waals surface area (Å²) in [5.74, 6) is 0. The van der Waals surface area contributed by atoms with Gasteiger partial charge in [-0.2, -0.15) is 5.26 Å². The molecule has 0 aromatic rings. The lowest BCUT2D eigenvalue weighted by molar-refractivity contribution is 0.425. The van der Waals surface area contributed by atoms with Crippen molar-refractivity contribution in [2.45, 2.75) is 44.3 Å². The molecular weight excluding hydrogens is 212 g/mol. The number of hydrogen-bond donors (Lipinski definition) is 0. The second kappa shape index (κ2) is 5.47. The van der Waals surface area contributed by atoms with Crippen LogP contribution in [0.2, 0.25) is 0 Å². The van der Waals surface area contributed by atoms with Gasteiger partial charge in [-0.1, -0.05) is 19.8 Å². The summed E-state index contributed by atoms with van der Waals surface area (Å²) in [6.45, 7) is 2.64. The fourth-order valence-electron chi connectivity index (χ4n) is 2.04. The maximum Gasteiger partial charge on any atom is 0.217 e. The minimum Gasteiger partial charge on any atom is -0.212 e. The van der Waals surface area contributed by atoms with Gasteiger partial charge in [0.25, 0.3) is 0 Å². The van der Waals surface area contributed by atoms with Gasteiger partial charge in [0.1, 0.15) is 0 Å². The van der Waals surface area contributed by atoms with E-state index >= 15 is 0 Å². The van der Waals surface area contributed by atoms with Crippen LogP contribution in [0.15, 0.2) is 0 Å². The lowest BCUT2D eigenvalue weighted by atomic mass is 10.4. The van der Waals surface area contributed by atoms with Gasteiger partial charge < -0.3 is 0 Å². The van der Waals surface area contributed by atoms with Crippen LogP contribution in [0, 0.1) is 11.3 Å². The molecule has 0 aromatic carbocycles. The second-order valence-corrected chi connectivity index (χ2v) is 6.06. The first-order valence-corrected chi connectivity index (χ1v) is 6.99. The molecule has 1 saturated carbocycles. The van der Waals surface area contributed by atoms with Gasteiger partial charge in [-0.3, -0.25) is 0 Å². The van der Waals surface area contributed by atoms with Gasteiger partial charge >= 0.3 is 0 Å². The molecule has 4 nitrogen and oxygen atoms in total. The molecule has 0 aliphatic heterocycles. The van der Waals surface area contributed by atoms with Crippen molar-refractivity contribution >= 4 is 10.0 Å². The molecule has 1 aliphatic carbocycles. The number of nitrogens with zero attached hydrogens (tertiary/aromatic N) is 2. The van der Waals surface area contributed by atoms with E-state index in [9.17, 15) is 8.42 Å². The van der Waals surface area contributed by atoms with Crippen molar-refractivity contribution in [2.75, 3.05) is 13.1 Å². The van der Waals surface area contributed by atoms with Gasteiger partial charge in [0, 0.05) is 19.5 Å². The van der Waals surface area contributed by atoms with E-state index in [1.807, 2.05) is 13.0 Å². The average molecular weight is 230 g/mol. The number of sulfonamides is 1. The van der Waals surface area contributed by atoms with E-state index in [1.165, 1.54) is 4.31 Å². The van der Waals surface area contributed by atoms with Crippen molar-refractivity contribution in [3.63, 3.8) is 0 Å². The molecule has 0 bridgehead atoms. The van der Waals surface area contributed by atoms with Crippen LogP contribution in [-0.4, -0.2) is 31.1 Å². The maximum absolute atomic E-state index is 12.1. The Labute approximate surface area is 91.9 Å². The normalized spacial score (nSPS) is 18.2. The van der Waals surface area contributed by atoms with Crippen LogP contribution in [0.3, 0.4) is 0 Å². The van der Waals surface area contributed by atoms with Gasteiger partial charge in [0.15, 0.2) is 0 Å². The molecule has 0 unspecified atom stereocenters. The van der Waals surface area contributed by atoms with E-state index in [0.717, 1.165) is 25.7 Å². The van der Waals surface area contributed by atoms with Crippen LogP contribution in [0.25, 0.3) is 0 Å². The molecule has 15 heavy (non-hydrogen) atoms. The van der Waals surface area contributed by atoms with Crippen LogP contribution in [0.1, 0.15) is 39.0 Å². The molecule has 1 rings (SSSR count). The van der Waals surface area contributed by atoms with E-state index < -0.39 is 10.0 Å². The van der Waals surface area contributed by atoms with Gasteiger partial charge in [0.2, 0.25) is 10.0 Å². The molecule has 0 spiro atoms. The average Bonchev–Trinajstić information content (AvgIpc) is 2.72. The van der Waals surface area contributed by atoms with Crippen LogP contribution < -0.4 is 0 Å². The first-order chi connectivity index (χ1) is 7.12. The maximum atomic E-state index is 12.1. The summed E-state index contributed by atoms with van der Waals surface area (Å²) in [6.07, 6.45) is 3.87. The molecule has 0 saturated heterocycles. The molecule has 0 heterocycles. The molecule has 0 atom stereocenters. The standard InChI is InChI=1S/C10H18N2O2S/c1-2-12(9-5-8-11)15(13,14)10-6-3-4-7-10/h10H,2-7,9H2,1H3. The van der Waals surface area contributed by atoms with Crippen molar-refractivity contribution in [1.29, 1.82) is 5.26 Å². The largest absolute Gasteiger partial charge is 0.217 e. The van der Waals surface area contributed by atoms with E-state index in [0.29, 0.717) is 13.1 Å². The van der Waals surface area contributed by atoms with E-state index in [4.69, 9.17) is 5.26 Å². The molecule has 0 radical (unpaired) electrons.